The summed E-state index contributed by atoms with van der Waals surface area (Å²) in [4.78, 5) is 30.1. The third-order valence-electron chi connectivity index (χ3n) is 6.45. The average molecular weight is 606 g/mol. The number of aromatic carboxylic acids is 1. The number of carboxylic acid groups (broad SMARTS) is 1. The SMILES string of the molecule is CC(C)(C)OC(=O)CCCCCCCCCCCCCCCOc1cccc(S(=O)(=O)Nc2ncc(C(=O)O)cn2)c1. The Hall–Kier alpha value is -3.21. The van der Waals surface area contributed by atoms with Gasteiger partial charge in [-0.2, -0.15) is 0 Å². The van der Waals surface area contributed by atoms with Crippen LogP contribution in [-0.2, 0) is 19.6 Å². The first-order chi connectivity index (χ1) is 20.0. The summed E-state index contributed by atoms with van der Waals surface area (Å²) in [6.45, 7) is 6.20. The van der Waals surface area contributed by atoms with Gasteiger partial charge in [0.1, 0.15) is 11.4 Å². The molecule has 10 nitrogen and oxygen atoms in total. The first kappa shape index (κ1) is 35.0. The predicted molar refractivity (Wildman–Crippen MR) is 162 cm³/mol. The minimum atomic E-state index is -3.95. The van der Waals surface area contributed by atoms with Gasteiger partial charge in [-0.05, 0) is 45.7 Å². The molecular formula is C31H47N3O7S. The normalized spacial score (nSPS) is 11.7. The van der Waals surface area contributed by atoms with Gasteiger partial charge in [0.15, 0.2) is 0 Å². The molecule has 0 aliphatic rings. The van der Waals surface area contributed by atoms with Gasteiger partial charge in [-0.15, -0.1) is 0 Å². The molecule has 234 valence electrons. The standard InChI is InChI=1S/C31H47N3O7S/c1-31(2,3)41-28(35)20-15-13-11-9-7-5-4-6-8-10-12-14-16-21-40-26-18-17-19-27(22-26)42(38,39)34-30-32-23-25(24-33-30)29(36)37/h17-19,22-24H,4-16,20-21H2,1-3H3,(H,36,37)(H,32,33,34). The highest BCUT2D eigenvalue weighted by Crippen LogP contribution is 2.20. The first-order valence-electron chi connectivity index (χ1n) is 15.0. The van der Waals surface area contributed by atoms with Crippen LogP contribution in [0.1, 0.15) is 121 Å². The summed E-state index contributed by atoms with van der Waals surface area (Å²) >= 11 is 0. The lowest BCUT2D eigenvalue weighted by molar-refractivity contribution is -0.154. The number of rotatable bonds is 21. The average Bonchev–Trinajstić information content (AvgIpc) is 2.92. The molecule has 0 radical (unpaired) electrons. The zero-order valence-corrected chi connectivity index (χ0v) is 26.1. The van der Waals surface area contributed by atoms with Crippen LogP contribution in [-0.4, -0.2) is 47.6 Å². The largest absolute Gasteiger partial charge is 0.494 e. The van der Waals surface area contributed by atoms with E-state index >= 15 is 0 Å². The molecule has 1 aromatic carbocycles. The zero-order chi connectivity index (χ0) is 30.8. The fourth-order valence-corrected chi connectivity index (χ4v) is 5.29. The Labute approximate surface area is 250 Å². The van der Waals surface area contributed by atoms with Crippen LogP contribution in [0.2, 0.25) is 0 Å². The summed E-state index contributed by atoms with van der Waals surface area (Å²) in [6.07, 6.45) is 17.6. The number of ether oxygens (including phenoxy) is 2. The summed E-state index contributed by atoms with van der Waals surface area (Å²) < 4.78 is 38.7. The monoisotopic (exact) mass is 605 g/mol. The van der Waals surface area contributed by atoms with Crippen LogP contribution in [0.4, 0.5) is 5.95 Å². The highest BCUT2D eigenvalue weighted by atomic mass is 32.2. The van der Waals surface area contributed by atoms with Crippen molar-refractivity contribution in [3.05, 3.63) is 42.2 Å². The summed E-state index contributed by atoms with van der Waals surface area (Å²) in [7, 11) is -3.95. The third-order valence-corrected chi connectivity index (χ3v) is 7.78. The first-order valence-corrected chi connectivity index (χ1v) is 16.5. The molecule has 42 heavy (non-hydrogen) atoms. The van der Waals surface area contributed by atoms with Crippen molar-refractivity contribution in [1.82, 2.24) is 9.97 Å². The Balaban J connectivity index is 1.48. The summed E-state index contributed by atoms with van der Waals surface area (Å²) in [5.74, 6) is -1.04. The number of anilines is 1. The number of hydrogen-bond acceptors (Lipinski definition) is 8. The molecule has 0 saturated carbocycles. The van der Waals surface area contributed by atoms with E-state index in [1.165, 1.54) is 63.5 Å². The van der Waals surface area contributed by atoms with Crippen molar-refractivity contribution >= 4 is 27.9 Å². The molecule has 0 bridgehead atoms. The van der Waals surface area contributed by atoms with Gasteiger partial charge >= 0.3 is 11.9 Å². The Morgan fingerprint density at radius 2 is 1.36 bits per heavy atom. The second-order valence-corrected chi connectivity index (χ2v) is 13.1. The molecule has 1 aromatic heterocycles. The number of carbonyl (C=O) groups excluding carboxylic acids is 1. The van der Waals surface area contributed by atoms with Crippen molar-refractivity contribution in [3.63, 3.8) is 0 Å². The molecule has 0 unspecified atom stereocenters. The third kappa shape index (κ3) is 15.1. The van der Waals surface area contributed by atoms with Crippen molar-refractivity contribution in [3.8, 4) is 5.75 Å². The van der Waals surface area contributed by atoms with Gasteiger partial charge in [0.05, 0.1) is 17.1 Å². The van der Waals surface area contributed by atoms with Crippen LogP contribution in [0, 0.1) is 0 Å². The smallest absolute Gasteiger partial charge is 0.338 e. The van der Waals surface area contributed by atoms with Gasteiger partial charge in [0.25, 0.3) is 10.0 Å². The lowest BCUT2D eigenvalue weighted by Crippen LogP contribution is -2.23. The zero-order valence-electron chi connectivity index (χ0n) is 25.3. The van der Waals surface area contributed by atoms with Gasteiger partial charge in [0.2, 0.25) is 5.95 Å². The Morgan fingerprint density at radius 1 is 0.833 bits per heavy atom. The van der Waals surface area contributed by atoms with E-state index < -0.39 is 21.6 Å². The quantitative estimate of drug-likeness (QED) is 0.112. The van der Waals surface area contributed by atoms with Crippen molar-refractivity contribution in [2.45, 2.75) is 121 Å². The van der Waals surface area contributed by atoms with Crippen LogP contribution in [0.5, 0.6) is 5.75 Å². The van der Waals surface area contributed by atoms with Gasteiger partial charge in [0, 0.05) is 24.9 Å². The van der Waals surface area contributed by atoms with Crippen molar-refractivity contribution < 1.29 is 32.6 Å². The van der Waals surface area contributed by atoms with Crippen molar-refractivity contribution in [2.75, 3.05) is 11.3 Å². The molecule has 0 fully saturated rings. The number of esters is 1. The molecule has 0 aliphatic carbocycles. The number of benzene rings is 1. The van der Waals surface area contributed by atoms with Crippen LogP contribution < -0.4 is 9.46 Å². The number of aromatic nitrogens is 2. The fraction of sp³-hybridized carbons (Fsp3) is 0.613. The summed E-state index contributed by atoms with van der Waals surface area (Å²) in [6, 6.07) is 6.19. The number of hydrogen-bond donors (Lipinski definition) is 2. The van der Waals surface area contributed by atoms with Gasteiger partial charge in [-0.25, -0.2) is 27.9 Å². The number of sulfonamides is 1. The summed E-state index contributed by atoms with van der Waals surface area (Å²) in [5.41, 5.74) is -0.533. The van der Waals surface area contributed by atoms with Crippen molar-refractivity contribution in [2.24, 2.45) is 0 Å². The molecule has 0 atom stereocenters. The van der Waals surface area contributed by atoms with Crippen LogP contribution >= 0.6 is 0 Å². The molecule has 2 N–H and O–H groups in total. The number of nitrogens with zero attached hydrogens (tertiary/aromatic N) is 2. The minimum Gasteiger partial charge on any atom is -0.494 e. The minimum absolute atomic E-state index is 0.00380. The van der Waals surface area contributed by atoms with E-state index in [0.29, 0.717) is 18.8 Å². The van der Waals surface area contributed by atoms with Crippen LogP contribution in [0.3, 0.4) is 0 Å². The van der Waals surface area contributed by atoms with Crippen molar-refractivity contribution in [1.29, 1.82) is 0 Å². The van der Waals surface area contributed by atoms with E-state index in [0.717, 1.165) is 44.5 Å². The molecule has 0 amide bonds. The highest BCUT2D eigenvalue weighted by molar-refractivity contribution is 7.92. The van der Waals surface area contributed by atoms with Crippen LogP contribution in [0.25, 0.3) is 0 Å². The number of carboxylic acids is 1. The number of nitrogens with one attached hydrogen (secondary N) is 1. The molecule has 2 aromatic rings. The Bertz CT molecular complexity index is 1200. The van der Waals surface area contributed by atoms with E-state index in [1.807, 2.05) is 20.8 Å². The molecule has 2 rings (SSSR count). The molecule has 0 aliphatic heterocycles. The molecule has 1 heterocycles. The van der Waals surface area contributed by atoms with Gasteiger partial charge in [-0.1, -0.05) is 76.7 Å². The second-order valence-electron chi connectivity index (χ2n) is 11.5. The highest BCUT2D eigenvalue weighted by Gasteiger charge is 2.17. The maximum absolute atomic E-state index is 12.7. The van der Waals surface area contributed by atoms with Gasteiger partial charge in [-0.3, -0.25) is 4.79 Å². The van der Waals surface area contributed by atoms with Crippen LogP contribution in [0.15, 0.2) is 41.6 Å². The molecular weight excluding hydrogens is 558 g/mol. The maximum Gasteiger partial charge on any atom is 0.338 e. The molecule has 0 saturated heterocycles. The Kier molecular flexibility index (Phi) is 15.3. The fourth-order valence-electron chi connectivity index (χ4n) is 4.30. The number of carbonyl (C=O) groups is 2. The maximum atomic E-state index is 12.7. The van der Waals surface area contributed by atoms with E-state index in [4.69, 9.17) is 14.6 Å². The predicted octanol–water partition coefficient (Wildman–Crippen LogP) is 7.16. The topological polar surface area (TPSA) is 145 Å². The van der Waals surface area contributed by atoms with E-state index in [9.17, 15) is 18.0 Å². The number of unbranched alkanes of at least 4 members (excludes halogenated alkanes) is 12. The van der Waals surface area contributed by atoms with E-state index in [-0.39, 0.29) is 22.4 Å². The molecule has 0 spiro atoms. The molecule has 11 heteroatoms. The lowest BCUT2D eigenvalue weighted by Gasteiger charge is -2.19. The summed E-state index contributed by atoms with van der Waals surface area (Å²) in [5, 5.41) is 8.91. The van der Waals surface area contributed by atoms with E-state index in [2.05, 4.69) is 14.7 Å². The van der Waals surface area contributed by atoms with Gasteiger partial charge < -0.3 is 14.6 Å². The second kappa shape index (κ2) is 18.4. The lowest BCUT2D eigenvalue weighted by atomic mass is 10.0. The Morgan fingerprint density at radius 3 is 1.88 bits per heavy atom. The van der Waals surface area contributed by atoms with E-state index in [1.54, 1.807) is 12.1 Å².